The Hall–Kier alpha value is -0.610. The second kappa shape index (κ2) is 6.53. The molecule has 2 N–H and O–H groups in total. The lowest BCUT2D eigenvalue weighted by Gasteiger charge is -2.38. The van der Waals surface area contributed by atoms with Crippen LogP contribution in [0.15, 0.2) is 0 Å². The van der Waals surface area contributed by atoms with E-state index in [0.717, 1.165) is 32.4 Å². The lowest BCUT2D eigenvalue weighted by molar-refractivity contribution is -0.121. The van der Waals surface area contributed by atoms with E-state index in [1.807, 2.05) is 0 Å². The second-order valence-corrected chi connectivity index (χ2v) is 5.66. The number of nitrogens with one attached hydrogen (secondary N) is 2. The van der Waals surface area contributed by atoms with Crippen molar-refractivity contribution in [2.45, 2.75) is 63.5 Å². The molecule has 0 aromatic rings. The van der Waals surface area contributed by atoms with Crippen molar-refractivity contribution in [3.05, 3.63) is 0 Å². The molecule has 4 nitrogen and oxygen atoms in total. The summed E-state index contributed by atoms with van der Waals surface area (Å²) in [6, 6.07) is 0.448. The molecule has 104 valence electrons. The average Bonchev–Trinajstić information content (AvgIpc) is 2.82. The molecule has 0 bridgehead atoms. The Morgan fingerprint density at radius 3 is 2.89 bits per heavy atom. The minimum Gasteiger partial charge on any atom is -0.375 e. The lowest BCUT2D eigenvalue weighted by atomic mass is 9.89. The quantitative estimate of drug-likeness (QED) is 0.783. The van der Waals surface area contributed by atoms with Crippen molar-refractivity contribution in [1.82, 2.24) is 10.6 Å². The Morgan fingerprint density at radius 2 is 2.17 bits per heavy atom. The molecule has 1 unspecified atom stereocenters. The Balaban J connectivity index is 1.71. The summed E-state index contributed by atoms with van der Waals surface area (Å²) in [7, 11) is 0. The summed E-state index contributed by atoms with van der Waals surface area (Å²) in [5.41, 5.74) is 0.135. The third-order valence-electron chi connectivity index (χ3n) is 4.13. The third-order valence-corrected chi connectivity index (χ3v) is 4.13. The van der Waals surface area contributed by atoms with Crippen LogP contribution >= 0.6 is 0 Å². The zero-order chi connectivity index (χ0) is 12.8. The maximum absolute atomic E-state index is 11.6. The van der Waals surface area contributed by atoms with E-state index in [1.165, 1.54) is 25.7 Å². The molecule has 0 radical (unpaired) electrons. The molecule has 2 aliphatic rings. The molecule has 1 aliphatic carbocycles. The predicted octanol–water partition coefficient (Wildman–Crippen LogP) is 1.59. The van der Waals surface area contributed by atoms with E-state index in [0.29, 0.717) is 12.6 Å². The largest absolute Gasteiger partial charge is 0.375 e. The Labute approximate surface area is 110 Å². The van der Waals surface area contributed by atoms with Gasteiger partial charge < -0.3 is 15.4 Å². The minimum absolute atomic E-state index is 0.115. The van der Waals surface area contributed by atoms with E-state index < -0.39 is 0 Å². The van der Waals surface area contributed by atoms with Crippen molar-refractivity contribution in [2.24, 2.45) is 0 Å². The Bertz CT molecular complexity index is 275. The standard InChI is InChI=1S/C14H26N2O2/c1-2-8-15-13(17)11-16-12-5-9-18-14(10-12)6-3-4-7-14/h12,16H,2-11H2,1H3,(H,15,17). The van der Waals surface area contributed by atoms with Crippen molar-refractivity contribution < 1.29 is 9.53 Å². The van der Waals surface area contributed by atoms with Crippen LogP contribution in [-0.4, -0.2) is 37.2 Å². The molecular weight excluding hydrogens is 228 g/mol. The highest BCUT2D eigenvalue weighted by Crippen LogP contribution is 2.39. The number of hydrogen-bond donors (Lipinski definition) is 2. The monoisotopic (exact) mass is 254 g/mol. The molecule has 0 aromatic heterocycles. The van der Waals surface area contributed by atoms with Crippen LogP contribution in [0.3, 0.4) is 0 Å². The zero-order valence-corrected chi connectivity index (χ0v) is 11.5. The number of rotatable bonds is 5. The molecule has 1 amide bonds. The molecular formula is C14H26N2O2. The molecule has 1 aliphatic heterocycles. The summed E-state index contributed by atoms with van der Waals surface area (Å²) < 4.78 is 5.99. The highest BCUT2D eigenvalue weighted by Gasteiger charge is 2.39. The number of carbonyl (C=O) groups excluding carboxylic acids is 1. The molecule has 18 heavy (non-hydrogen) atoms. The van der Waals surface area contributed by atoms with E-state index in [1.54, 1.807) is 0 Å². The van der Waals surface area contributed by atoms with Gasteiger partial charge in [-0.2, -0.15) is 0 Å². The van der Waals surface area contributed by atoms with E-state index >= 15 is 0 Å². The summed E-state index contributed by atoms with van der Waals surface area (Å²) in [6.07, 6.45) is 8.09. The summed E-state index contributed by atoms with van der Waals surface area (Å²) in [5, 5.41) is 6.29. The first-order valence-corrected chi connectivity index (χ1v) is 7.38. The summed E-state index contributed by atoms with van der Waals surface area (Å²) in [6.45, 7) is 4.13. The van der Waals surface area contributed by atoms with Gasteiger partial charge in [0.2, 0.25) is 5.91 Å². The summed E-state index contributed by atoms with van der Waals surface area (Å²) >= 11 is 0. The van der Waals surface area contributed by atoms with Crippen LogP contribution in [0.25, 0.3) is 0 Å². The SMILES string of the molecule is CCCNC(=O)CNC1CCOC2(CCCC2)C1. The predicted molar refractivity (Wildman–Crippen MR) is 71.5 cm³/mol. The van der Waals surface area contributed by atoms with Crippen LogP contribution in [-0.2, 0) is 9.53 Å². The van der Waals surface area contributed by atoms with E-state index in [9.17, 15) is 4.79 Å². The van der Waals surface area contributed by atoms with Gasteiger partial charge in [-0.25, -0.2) is 0 Å². The van der Waals surface area contributed by atoms with Gasteiger partial charge in [0.05, 0.1) is 12.1 Å². The first-order valence-electron chi connectivity index (χ1n) is 7.38. The van der Waals surface area contributed by atoms with Gasteiger partial charge in [0, 0.05) is 19.2 Å². The van der Waals surface area contributed by atoms with Crippen molar-refractivity contribution >= 4 is 5.91 Å². The van der Waals surface area contributed by atoms with Crippen LogP contribution in [0.5, 0.6) is 0 Å². The van der Waals surface area contributed by atoms with E-state index in [4.69, 9.17) is 4.74 Å². The highest BCUT2D eigenvalue weighted by molar-refractivity contribution is 5.77. The number of hydrogen-bond acceptors (Lipinski definition) is 3. The van der Waals surface area contributed by atoms with Crippen molar-refractivity contribution in [3.63, 3.8) is 0 Å². The Morgan fingerprint density at radius 1 is 1.39 bits per heavy atom. The fourth-order valence-electron chi connectivity index (χ4n) is 3.13. The average molecular weight is 254 g/mol. The smallest absolute Gasteiger partial charge is 0.233 e. The molecule has 4 heteroatoms. The van der Waals surface area contributed by atoms with Gasteiger partial charge in [-0.15, -0.1) is 0 Å². The van der Waals surface area contributed by atoms with Gasteiger partial charge >= 0.3 is 0 Å². The highest BCUT2D eigenvalue weighted by atomic mass is 16.5. The number of amides is 1. The zero-order valence-electron chi connectivity index (χ0n) is 11.5. The van der Waals surface area contributed by atoms with Crippen LogP contribution in [0.1, 0.15) is 51.9 Å². The molecule has 0 aromatic carbocycles. The molecule has 1 saturated heterocycles. The molecule has 2 rings (SSSR count). The first-order chi connectivity index (χ1) is 8.74. The van der Waals surface area contributed by atoms with Crippen LogP contribution in [0.2, 0.25) is 0 Å². The first kappa shape index (κ1) is 13.8. The maximum Gasteiger partial charge on any atom is 0.233 e. The van der Waals surface area contributed by atoms with Crippen molar-refractivity contribution in [3.8, 4) is 0 Å². The van der Waals surface area contributed by atoms with Gasteiger partial charge in [0.25, 0.3) is 0 Å². The van der Waals surface area contributed by atoms with Crippen LogP contribution < -0.4 is 10.6 Å². The Kier molecular flexibility index (Phi) is 5.01. The topological polar surface area (TPSA) is 50.4 Å². The minimum atomic E-state index is 0.115. The van der Waals surface area contributed by atoms with Gasteiger partial charge in [-0.05, 0) is 32.1 Å². The van der Waals surface area contributed by atoms with E-state index in [2.05, 4.69) is 17.6 Å². The fraction of sp³-hybridized carbons (Fsp3) is 0.929. The van der Waals surface area contributed by atoms with Gasteiger partial charge in [-0.1, -0.05) is 19.8 Å². The van der Waals surface area contributed by atoms with Gasteiger partial charge in [0.1, 0.15) is 0 Å². The number of carbonyl (C=O) groups is 1. The molecule has 1 saturated carbocycles. The third kappa shape index (κ3) is 3.69. The number of ether oxygens (including phenoxy) is 1. The lowest BCUT2D eigenvalue weighted by Crippen LogP contribution is -2.48. The summed E-state index contributed by atoms with van der Waals surface area (Å²) in [5.74, 6) is 0.115. The van der Waals surface area contributed by atoms with Crippen molar-refractivity contribution in [2.75, 3.05) is 19.7 Å². The molecule has 1 heterocycles. The van der Waals surface area contributed by atoms with E-state index in [-0.39, 0.29) is 11.5 Å². The fourth-order valence-corrected chi connectivity index (χ4v) is 3.13. The van der Waals surface area contributed by atoms with Crippen molar-refractivity contribution in [1.29, 1.82) is 0 Å². The molecule has 1 atom stereocenters. The van der Waals surface area contributed by atoms with Gasteiger partial charge in [0.15, 0.2) is 0 Å². The van der Waals surface area contributed by atoms with Crippen LogP contribution in [0.4, 0.5) is 0 Å². The van der Waals surface area contributed by atoms with Gasteiger partial charge in [-0.3, -0.25) is 4.79 Å². The normalized spacial score (nSPS) is 26.4. The summed E-state index contributed by atoms with van der Waals surface area (Å²) in [4.78, 5) is 11.6. The maximum atomic E-state index is 11.6. The molecule has 2 fully saturated rings. The van der Waals surface area contributed by atoms with Crippen LogP contribution in [0, 0.1) is 0 Å². The second-order valence-electron chi connectivity index (χ2n) is 5.66. The molecule has 1 spiro atoms.